The number of hydrogen-bond donors (Lipinski definition) is 0. The van der Waals surface area contributed by atoms with Gasteiger partial charge in [-0.1, -0.05) is 140 Å². The first-order valence-corrected chi connectivity index (χ1v) is 20.5. The summed E-state index contributed by atoms with van der Waals surface area (Å²) in [5.74, 6) is 0. The molecule has 0 fully saturated rings. The molecule has 4 nitrogen and oxygen atoms in total. The highest BCUT2D eigenvalue weighted by Gasteiger charge is 2.06. The van der Waals surface area contributed by atoms with E-state index in [0.29, 0.717) is 13.2 Å². The SMILES string of the molecule is CCCCCCCN(CCCC)CCCCOCc1ccc(-c2ccc(COCCCCN(CCCC)CCCCCCC)cc2)cc1. The Hall–Kier alpha value is -1.72. The minimum Gasteiger partial charge on any atom is -0.377 e. The average Bonchev–Trinajstić information content (AvgIpc) is 3.12. The standard InChI is InChI=1S/C44H76N2O2/c1-5-9-13-15-17-33-45(31-11-7-3)35-19-21-37-47-39-41-23-27-43(28-24-41)44-29-25-42(26-30-44)40-48-38-22-20-36-46(32-12-8-4)34-18-16-14-10-6-2/h23-30H,5-22,31-40H2,1-4H3. The van der Waals surface area contributed by atoms with Crippen LogP contribution in [0.5, 0.6) is 0 Å². The van der Waals surface area contributed by atoms with Crippen LogP contribution in [0.2, 0.25) is 0 Å². The molecule has 0 atom stereocenters. The summed E-state index contributed by atoms with van der Waals surface area (Å²) in [5, 5.41) is 0. The van der Waals surface area contributed by atoms with E-state index in [-0.39, 0.29) is 0 Å². The number of hydrogen-bond acceptors (Lipinski definition) is 4. The van der Waals surface area contributed by atoms with Crippen molar-refractivity contribution in [3.05, 3.63) is 59.7 Å². The fraction of sp³-hybridized carbons (Fsp3) is 0.727. The molecule has 48 heavy (non-hydrogen) atoms. The molecule has 0 amide bonds. The Bertz CT molecular complexity index is 881. The lowest BCUT2D eigenvalue weighted by atomic mass is 10.0. The summed E-state index contributed by atoms with van der Waals surface area (Å²) in [7, 11) is 0. The van der Waals surface area contributed by atoms with E-state index >= 15 is 0 Å². The van der Waals surface area contributed by atoms with Gasteiger partial charge < -0.3 is 19.3 Å². The van der Waals surface area contributed by atoms with Crippen LogP contribution in [0.25, 0.3) is 11.1 Å². The number of benzene rings is 2. The molecule has 0 aliphatic heterocycles. The van der Waals surface area contributed by atoms with Crippen LogP contribution in [0.1, 0.15) is 154 Å². The second-order valence-electron chi connectivity index (χ2n) is 14.1. The maximum atomic E-state index is 6.05. The normalized spacial score (nSPS) is 11.7. The lowest BCUT2D eigenvalue weighted by Crippen LogP contribution is -2.27. The second kappa shape index (κ2) is 30.1. The van der Waals surface area contributed by atoms with Gasteiger partial charge in [0.1, 0.15) is 0 Å². The minimum atomic E-state index is 0.698. The Morgan fingerprint density at radius 3 is 1.02 bits per heavy atom. The van der Waals surface area contributed by atoms with Gasteiger partial charge in [-0.2, -0.15) is 0 Å². The zero-order valence-corrected chi connectivity index (χ0v) is 32.1. The van der Waals surface area contributed by atoms with E-state index in [9.17, 15) is 0 Å². The zero-order valence-electron chi connectivity index (χ0n) is 32.1. The summed E-state index contributed by atoms with van der Waals surface area (Å²) in [6.45, 7) is 19.8. The monoisotopic (exact) mass is 665 g/mol. The highest BCUT2D eigenvalue weighted by molar-refractivity contribution is 5.63. The minimum absolute atomic E-state index is 0.698. The first kappa shape index (κ1) is 42.4. The number of rotatable bonds is 33. The van der Waals surface area contributed by atoms with Gasteiger partial charge in [0, 0.05) is 13.2 Å². The van der Waals surface area contributed by atoms with Crippen molar-refractivity contribution in [2.75, 3.05) is 52.5 Å². The fourth-order valence-corrected chi connectivity index (χ4v) is 6.36. The zero-order chi connectivity index (χ0) is 34.3. The van der Waals surface area contributed by atoms with Crippen LogP contribution in [0.4, 0.5) is 0 Å². The summed E-state index contributed by atoms with van der Waals surface area (Å²) in [6.07, 6.45) is 23.6. The van der Waals surface area contributed by atoms with E-state index < -0.39 is 0 Å². The van der Waals surface area contributed by atoms with Crippen LogP contribution in [0.3, 0.4) is 0 Å². The maximum Gasteiger partial charge on any atom is 0.0716 e. The van der Waals surface area contributed by atoms with Crippen molar-refractivity contribution in [2.45, 2.75) is 156 Å². The first-order valence-electron chi connectivity index (χ1n) is 20.5. The predicted molar refractivity (Wildman–Crippen MR) is 210 cm³/mol. The molecule has 4 heteroatoms. The molecule has 0 aliphatic rings. The van der Waals surface area contributed by atoms with Crippen molar-refractivity contribution < 1.29 is 9.47 Å². The van der Waals surface area contributed by atoms with Gasteiger partial charge in [0.2, 0.25) is 0 Å². The van der Waals surface area contributed by atoms with Gasteiger partial charge >= 0.3 is 0 Å². The van der Waals surface area contributed by atoms with Gasteiger partial charge in [-0.15, -0.1) is 0 Å². The van der Waals surface area contributed by atoms with Crippen molar-refractivity contribution in [3.8, 4) is 11.1 Å². The molecule has 2 aromatic carbocycles. The van der Waals surface area contributed by atoms with Gasteiger partial charge in [-0.25, -0.2) is 0 Å². The van der Waals surface area contributed by atoms with Gasteiger partial charge in [-0.05, 0) is 113 Å². The molecular weight excluding hydrogens is 588 g/mol. The third kappa shape index (κ3) is 21.4. The Morgan fingerprint density at radius 1 is 0.354 bits per heavy atom. The molecule has 0 N–H and O–H groups in total. The molecule has 0 saturated carbocycles. The molecule has 0 bridgehead atoms. The Labute approximate surface area is 298 Å². The largest absolute Gasteiger partial charge is 0.377 e. The third-order valence-electron chi connectivity index (χ3n) is 9.62. The van der Waals surface area contributed by atoms with Gasteiger partial charge in [-0.3, -0.25) is 0 Å². The van der Waals surface area contributed by atoms with Gasteiger partial charge in [0.15, 0.2) is 0 Å². The maximum absolute atomic E-state index is 6.05. The van der Waals surface area contributed by atoms with E-state index in [1.165, 1.54) is 164 Å². The summed E-state index contributed by atoms with van der Waals surface area (Å²) in [5.41, 5.74) is 5.01. The van der Waals surface area contributed by atoms with Crippen LogP contribution in [-0.2, 0) is 22.7 Å². The molecule has 0 spiro atoms. The molecule has 0 aromatic heterocycles. The molecule has 0 radical (unpaired) electrons. The summed E-state index contributed by atoms with van der Waals surface area (Å²) in [6, 6.07) is 17.8. The van der Waals surface area contributed by atoms with Crippen LogP contribution >= 0.6 is 0 Å². The molecule has 0 aliphatic carbocycles. The Morgan fingerprint density at radius 2 is 0.667 bits per heavy atom. The highest BCUT2D eigenvalue weighted by atomic mass is 16.5. The van der Waals surface area contributed by atoms with Gasteiger partial charge in [0.25, 0.3) is 0 Å². The molecule has 0 unspecified atom stereocenters. The van der Waals surface area contributed by atoms with Crippen molar-refractivity contribution in [1.29, 1.82) is 0 Å². The lowest BCUT2D eigenvalue weighted by molar-refractivity contribution is 0.114. The molecule has 0 saturated heterocycles. The number of ether oxygens (including phenoxy) is 2. The average molecular weight is 665 g/mol. The van der Waals surface area contributed by atoms with E-state index in [4.69, 9.17) is 9.47 Å². The second-order valence-corrected chi connectivity index (χ2v) is 14.1. The smallest absolute Gasteiger partial charge is 0.0716 e. The Balaban J connectivity index is 1.59. The first-order chi connectivity index (χ1) is 23.7. The number of nitrogens with zero attached hydrogens (tertiary/aromatic N) is 2. The van der Waals surface area contributed by atoms with Crippen molar-refractivity contribution in [2.24, 2.45) is 0 Å². The van der Waals surface area contributed by atoms with Crippen LogP contribution in [0, 0.1) is 0 Å². The van der Waals surface area contributed by atoms with E-state index in [1.54, 1.807) is 0 Å². The van der Waals surface area contributed by atoms with Crippen molar-refractivity contribution >= 4 is 0 Å². The summed E-state index contributed by atoms with van der Waals surface area (Å²) >= 11 is 0. The van der Waals surface area contributed by atoms with Crippen LogP contribution in [0.15, 0.2) is 48.5 Å². The fourth-order valence-electron chi connectivity index (χ4n) is 6.36. The molecule has 2 rings (SSSR count). The summed E-state index contributed by atoms with van der Waals surface area (Å²) < 4.78 is 12.1. The van der Waals surface area contributed by atoms with Gasteiger partial charge in [0.05, 0.1) is 13.2 Å². The molecule has 0 heterocycles. The molecule has 274 valence electrons. The van der Waals surface area contributed by atoms with E-state index in [1.807, 2.05) is 0 Å². The lowest BCUT2D eigenvalue weighted by Gasteiger charge is -2.22. The topological polar surface area (TPSA) is 24.9 Å². The van der Waals surface area contributed by atoms with Crippen LogP contribution < -0.4 is 0 Å². The van der Waals surface area contributed by atoms with Crippen molar-refractivity contribution in [1.82, 2.24) is 9.80 Å². The summed E-state index contributed by atoms with van der Waals surface area (Å²) in [4.78, 5) is 5.38. The highest BCUT2D eigenvalue weighted by Crippen LogP contribution is 2.21. The van der Waals surface area contributed by atoms with Crippen LogP contribution in [-0.4, -0.2) is 62.3 Å². The van der Waals surface area contributed by atoms with Crippen molar-refractivity contribution in [3.63, 3.8) is 0 Å². The van der Waals surface area contributed by atoms with E-state index in [2.05, 4.69) is 86.0 Å². The third-order valence-corrected chi connectivity index (χ3v) is 9.62. The molecule has 2 aromatic rings. The quantitative estimate of drug-likeness (QED) is 0.0709. The number of unbranched alkanes of at least 4 members (excludes halogenated alkanes) is 12. The van der Waals surface area contributed by atoms with E-state index in [0.717, 1.165) is 26.1 Å². The predicted octanol–water partition coefficient (Wildman–Crippen LogP) is 12.1. The Kier molecular flexibility index (Phi) is 26.6. The molecular formula is C44H76N2O2.